The van der Waals surface area contributed by atoms with Gasteiger partial charge in [-0.3, -0.25) is 34.7 Å². The summed E-state index contributed by atoms with van der Waals surface area (Å²) in [6, 6.07) is 0. The molecule has 10 heteroatoms. The molecule has 0 aliphatic carbocycles. The Morgan fingerprint density at radius 3 is 2.70 bits per heavy atom. The van der Waals surface area contributed by atoms with Crippen molar-refractivity contribution in [1.82, 2.24) is 15.0 Å². The predicted octanol–water partition coefficient (Wildman–Crippen LogP) is -1.00. The number of amides is 1. The summed E-state index contributed by atoms with van der Waals surface area (Å²) >= 11 is 0. The second-order valence-electron chi connectivity index (χ2n) is 4.10. The maximum absolute atomic E-state index is 11.4. The summed E-state index contributed by atoms with van der Waals surface area (Å²) in [5.41, 5.74) is -0.386. The van der Waals surface area contributed by atoms with Crippen molar-refractivity contribution in [2.45, 2.75) is 32.2 Å². The normalized spacial score (nSPS) is 10.2. The number of hydrogen-bond donors (Lipinski definition) is 3. The lowest BCUT2D eigenvalue weighted by molar-refractivity contribution is -0.386. The van der Waals surface area contributed by atoms with E-state index >= 15 is 0 Å². The molecule has 110 valence electrons. The van der Waals surface area contributed by atoms with E-state index in [4.69, 9.17) is 5.84 Å². The fraction of sp³-hybridized carbons (Fsp3) is 0.500. The van der Waals surface area contributed by atoms with Gasteiger partial charge in [-0.2, -0.15) is 0 Å². The highest BCUT2D eigenvalue weighted by Crippen LogP contribution is 2.03. The van der Waals surface area contributed by atoms with E-state index in [0.717, 1.165) is 10.8 Å². The van der Waals surface area contributed by atoms with Gasteiger partial charge in [0.05, 0.1) is 11.1 Å². The van der Waals surface area contributed by atoms with Gasteiger partial charge in [0, 0.05) is 13.0 Å². The molecule has 1 aromatic rings. The molecule has 0 saturated carbocycles. The van der Waals surface area contributed by atoms with Crippen LogP contribution in [0.4, 0.5) is 5.69 Å². The average molecular weight is 285 g/mol. The summed E-state index contributed by atoms with van der Waals surface area (Å²) in [6.45, 7) is 0.223. The summed E-state index contributed by atoms with van der Waals surface area (Å²) in [7, 11) is 0. The number of carbonyl (C=O) groups is 1. The number of hydrogen-bond acceptors (Lipinski definition) is 6. The summed E-state index contributed by atoms with van der Waals surface area (Å²) in [5, 5.41) is 10.6. The van der Waals surface area contributed by atoms with Crippen LogP contribution in [0.5, 0.6) is 0 Å². The minimum absolute atomic E-state index is 0.223. The summed E-state index contributed by atoms with van der Waals surface area (Å²) in [5.74, 6) is 4.64. The molecule has 0 fully saturated rings. The number of nitrogens with zero attached hydrogens (tertiary/aromatic N) is 2. The number of hydrazine groups is 1. The predicted molar refractivity (Wildman–Crippen MR) is 68.8 cm³/mol. The lowest BCUT2D eigenvalue weighted by Gasteiger charge is -2.04. The fourth-order valence-corrected chi connectivity index (χ4v) is 1.61. The summed E-state index contributed by atoms with van der Waals surface area (Å²) in [6.07, 6.45) is 2.97. The lowest BCUT2D eigenvalue weighted by atomic mass is 10.2. The van der Waals surface area contributed by atoms with Crippen LogP contribution in [0.1, 0.15) is 25.7 Å². The Hall–Kier alpha value is -2.49. The van der Waals surface area contributed by atoms with E-state index < -0.39 is 21.9 Å². The first-order chi connectivity index (χ1) is 9.45. The maximum atomic E-state index is 11.4. The van der Waals surface area contributed by atoms with Crippen molar-refractivity contribution in [3.63, 3.8) is 0 Å². The number of carbonyl (C=O) groups excluding carboxylic acids is 1. The highest BCUT2D eigenvalue weighted by atomic mass is 16.6. The molecular formula is C10H15N5O5. The van der Waals surface area contributed by atoms with Crippen molar-refractivity contribution < 1.29 is 9.72 Å². The van der Waals surface area contributed by atoms with Gasteiger partial charge in [-0.25, -0.2) is 10.6 Å². The van der Waals surface area contributed by atoms with Crippen LogP contribution in [-0.2, 0) is 11.3 Å². The van der Waals surface area contributed by atoms with Gasteiger partial charge in [-0.15, -0.1) is 0 Å². The number of aromatic amines is 1. The van der Waals surface area contributed by atoms with Gasteiger partial charge in [-0.1, -0.05) is 6.42 Å². The van der Waals surface area contributed by atoms with Gasteiger partial charge < -0.3 is 0 Å². The lowest BCUT2D eigenvalue weighted by Crippen LogP contribution is -2.31. The SMILES string of the molecule is NNC(=O)CCCCCn1cc([N+](=O)[O-])c(=O)[nH]c1=O. The Morgan fingerprint density at radius 2 is 2.10 bits per heavy atom. The zero-order valence-electron chi connectivity index (χ0n) is 10.6. The van der Waals surface area contributed by atoms with Crippen LogP contribution in [0.25, 0.3) is 0 Å². The fourth-order valence-electron chi connectivity index (χ4n) is 1.61. The van der Waals surface area contributed by atoms with Crippen molar-refractivity contribution in [3.05, 3.63) is 37.1 Å². The number of aromatic nitrogens is 2. The van der Waals surface area contributed by atoms with Gasteiger partial charge in [0.2, 0.25) is 5.91 Å². The van der Waals surface area contributed by atoms with E-state index in [1.54, 1.807) is 0 Å². The molecule has 0 unspecified atom stereocenters. The average Bonchev–Trinajstić information content (AvgIpc) is 2.39. The molecule has 10 nitrogen and oxygen atoms in total. The van der Waals surface area contributed by atoms with Crippen LogP contribution in [0.15, 0.2) is 15.8 Å². The molecule has 0 saturated heterocycles. The second-order valence-corrected chi connectivity index (χ2v) is 4.10. The Bertz CT molecular complexity index is 605. The summed E-state index contributed by atoms with van der Waals surface area (Å²) < 4.78 is 1.07. The molecule has 0 radical (unpaired) electrons. The molecule has 1 heterocycles. The number of unbranched alkanes of at least 4 members (excludes halogenated alkanes) is 2. The van der Waals surface area contributed by atoms with E-state index in [1.807, 2.05) is 10.4 Å². The van der Waals surface area contributed by atoms with E-state index in [0.29, 0.717) is 19.3 Å². The number of aryl methyl sites for hydroxylation is 1. The third-order valence-electron chi connectivity index (χ3n) is 2.65. The van der Waals surface area contributed by atoms with Crippen molar-refractivity contribution in [3.8, 4) is 0 Å². The largest absolute Gasteiger partial charge is 0.350 e. The van der Waals surface area contributed by atoms with Crippen LogP contribution < -0.4 is 22.5 Å². The topological polar surface area (TPSA) is 153 Å². The van der Waals surface area contributed by atoms with Crippen molar-refractivity contribution in [2.24, 2.45) is 5.84 Å². The second kappa shape index (κ2) is 7.19. The van der Waals surface area contributed by atoms with E-state index in [9.17, 15) is 24.5 Å². The van der Waals surface area contributed by atoms with Gasteiger partial charge in [0.1, 0.15) is 0 Å². The Balaban J connectivity index is 2.58. The molecule has 1 amide bonds. The number of nitrogens with two attached hydrogens (primary N) is 1. The molecular weight excluding hydrogens is 270 g/mol. The first kappa shape index (κ1) is 15.6. The zero-order valence-corrected chi connectivity index (χ0v) is 10.6. The number of H-pyrrole nitrogens is 1. The molecule has 0 bridgehead atoms. The smallest absolute Gasteiger partial charge is 0.294 e. The van der Waals surface area contributed by atoms with Crippen molar-refractivity contribution in [2.75, 3.05) is 0 Å². The maximum Gasteiger partial charge on any atom is 0.350 e. The van der Waals surface area contributed by atoms with Crippen LogP contribution in [0.2, 0.25) is 0 Å². The number of nitrogens with one attached hydrogen (secondary N) is 2. The van der Waals surface area contributed by atoms with Gasteiger partial charge in [0.15, 0.2) is 0 Å². The molecule has 0 aliphatic heterocycles. The molecule has 4 N–H and O–H groups in total. The molecule has 0 spiro atoms. The first-order valence-electron chi connectivity index (χ1n) is 5.93. The molecule has 1 aromatic heterocycles. The van der Waals surface area contributed by atoms with E-state index in [1.165, 1.54) is 0 Å². The minimum Gasteiger partial charge on any atom is -0.294 e. The van der Waals surface area contributed by atoms with Gasteiger partial charge >= 0.3 is 16.9 Å². The molecule has 0 aromatic carbocycles. The number of rotatable bonds is 7. The Labute approximate surface area is 112 Å². The Morgan fingerprint density at radius 1 is 1.40 bits per heavy atom. The molecule has 1 rings (SSSR count). The molecule has 0 aliphatic rings. The van der Waals surface area contributed by atoms with Gasteiger partial charge in [0.25, 0.3) is 0 Å². The zero-order chi connectivity index (χ0) is 15.1. The molecule has 20 heavy (non-hydrogen) atoms. The quantitative estimate of drug-likeness (QED) is 0.192. The highest BCUT2D eigenvalue weighted by Gasteiger charge is 2.14. The standard InChI is InChI=1S/C10H15N5O5/c11-13-8(16)4-2-1-3-5-14-6-7(15(19)20)9(17)12-10(14)18/h6H,1-5,11H2,(H,13,16)(H,12,17,18). The third-order valence-corrected chi connectivity index (χ3v) is 2.65. The van der Waals surface area contributed by atoms with Crippen LogP contribution in [-0.4, -0.2) is 20.4 Å². The van der Waals surface area contributed by atoms with Crippen LogP contribution >= 0.6 is 0 Å². The number of nitro groups is 1. The Kier molecular flexibility index (Phi) is 5.59. The summed E-state index contributed by atoms with van der Waals surface area (Å²) in [4.78, 5) is 45.1. The molecule has 0 atom stereocenters. The van der Waals surface area contributed by atoms with E-state index in [-0.39, 0.29) is 18.9 Å². The van der Waals surface area contributed by atoms with Crippen LogP contribution in [0, 0.1) is 10.1 Å². The van der Waals surface area contributed by atoms with Crippen molar-refractivity contribution >= 4 is 11.6 Å². The van der Waals surface area contributed by atoms with Crippen LogP contribution in [0.3, 0.4) is 0 Å². The first-order valence-corrected chi connectivity index (χ1v) is 5.93. The minimum atomic E-state index is -1.02. The van der Waals surface area contributed by atoms with Gasteiger partial charge in [-0.05, 0) is 12.8 Å². The third kappa shape index (κ3) is 4.31. The van der Waals surface area contributed by atoms with E-state index in [2.05, 4.69) is 0 Å². The monoisotopic (exact) mass is 285 g/mol. The van der Waals surface area contributed by atoms with Crippen molar-refractivity contribution in [1.29, 1.82) is 0 Å². The highest BCUT2D eigenvalue weighted by molar-refractivity contribution is 5.74.